The van der Waals surface area contributed by atoms with Crippen LogP contribution in [-0.4, -0.2) is 68.6 Å². The van der Waals surface area contributed by atoms with Gasteiger partial charge >= 0.3 is 5.97 Å². The van der Waals surface area contributed by atoms with Crippen LogP contribution in [0.25, 0.3) is 0 Å². The van der Waals surface area contributed by atoms with Crippen LogP contribution in [0.4, 0.5) is 5.69 Å². The highest BCUT2D eigenvalue weighted by Gasteiger charge is 2.30. The lowest BCUT2D eigenvalue weighted by Gasteiger charge is -2.36. The van der Waals surface area contributed by atoms with Crippen molar-refractivity contribution >= 4 is 23.5 Å². The van der Waals surface area contributed by atoms with Gasteiger partial charge in [-0.15, -0.1) is 0 Å². The zero-order valence-corrected chi connectivity index (χ0v) is 14.8. The summed E-state index contributed by atoms with van der Waals surface area (Å²) in [5, 5.41) is 2.53. The number of hydrogen-bond donors (Lipinski definition) is 1. The molecule has 1 atom stereocenters. The van der Waals surface area contributed by atoms with Crippen LogP contribution in [0.5, 0.6) is 5.75 Å². The summed E-state index contributed by atoms with van der Waals surface area (Å²) in [7, 11) is 1.64. The van der Waals surface area contributed by atoms with E-state index in [2.05, 4.69) is 10.2 Å². The number of hydrogen-bond acceptors (Lipinski definition) is 6. The standard InChI is InChI=1S/C18H23N3O5/c1-25-15-5-3-2-4-14(15)20-8-10-21(11-9-20)17(23)12-26-18(24)13-6-7-16(22)19-13/h2-5,13H,6-12H2,1H3,(H,19,22)/t13-/m1/s1. The van der Waals surface area contributed by atoms with Crippen molar-refractivity contribution in [2.45, 2.75) is 18.9 Å². The Bertz CT molecular complexity index is 685. The molecule has 2 amide bonds. The first-order valence-corrected chi connectivity index (χ1v) is 8.70. The largest absolute Gasteiger partial charge is 0.495 e. The third kappa shape index (κ3) is 4.07. The molecule has 8 nitrogen and oxygen atoms in total. The minimum atomic E-state index is -0.627. The van der Waals surface area contributed by atoms with Gasteiger partial charge in [0.25, 0.3) is 5.91 Å². The van der Waals surface area contributed by atoms with Gasteiger partial charge in [-0.05, 0) is 18.6 Å². The highest BCUT2D eigenvalue weighted by Crippen LogP contribution is 2.28. The normalized spacial score (nSPS) is 19.9. The van der Waals surface area contributed by atoms with Crippen molar-refractivity contribution in [2.75, 3.05) is 44.8 Å². The third-order valence-corrected chi connectivity index (χ3v) is 4.68. The lowest BCUT2D eigenvalue weighted by atomic mass is 10.2. The van der Waals surface area contributed by atoms with Crippen LogP contribution in [0.2, 0.25) is 0 Å². The number of esters is 1. The highest BCUT2D eigenvalue weighted by molar-refractivity contribution is 5.89. The van der Waals surface area contributed by atoms with E-state index in [4.69, 9.17) is 9.47 Å². The fourth-order valence-electron chi connectivity index (χ4n) is 3.20. The van der Waals surface area contributed by atoms with Gasteiger partial charge in [-0.2, -0.15) is 0 Å². The lowest BCUT2D eigenvalue weighted by Crippen LogP contribution is -2.50. The Morgan fingerprint density at radius 1 is 1.19 bits per heavy atom. The molecule has 1 aromatic rings. The van der Waals surface area contributed by atoms with Crippen molar-refractivity contribution in [3.8, 4) is 5.75 Å². The van der Waals surface area contributed by atoms with Gasteiger partial charge in [0.2, 0.25) is 5.91 Å². The van der Waals surface area contributed by atoms with Crippen molar-refractivity contribution < 1.29 is 23.9 Å². The molecular formula is C18H23N3O5. The van der Waals surface area contributed by atoms with Gasteiger partial charge in [0.05, 0.1) is 12.8 Å². The summed E-state index contributed by atoms with van der Waals surface area (Å²) in [5.74, 6) is -0.121. The molecule has 2 heterocycles. The molecule has 2 saturated heterocycles. The maximum absolute atomic E-state index is 12.3. The molecule has 0 bridgehead atoms. The number of methoxy groups -OCH3 is 1. The number of nitrogens with one attached hydrogen (secondary N) is 1. The van der Waals surface area contributed by atoms with E-state index < -0.39 is 12.0 Å². The Hall–Kier alpha value is -2.77. The molecule has 2 fully saturated rings. The topological polar surface area (TPSA) is 88.2 Å². The molecule has 0 radical (unpaired) electrons. The lowest BCUT2D eigenvalue weighted by molar-refractivity contribution is -0.153. The molecule has 26 heavy (non-hydrogen) atoms. The Morgan fingerprint density at radius 3 is 2.58 bits per heavy atom. The Kier molecular flexibility index (Phi) is 5.60. The number of piperazine rings is 1. The molecule has 3 rings (SSSR count). The first-order chi connectivity index (χ1) is 12.6. The summed E-state index contributed by atoms with van der Waals surface area (Å²) in [4.78, 5) is 39.1. The van der Waals surface area contributed by atoms with Crippen LogP contribution in [0, 0.1) is 0 Å². The maximum Gasteiger partial charge on any atom is 0.329 e. The van der Waals surface area contributed by atoms with Crippen LogP contribution >= 0.6 is 0 Å². The maximum atomic E-state index is 12.3. The van der Waals surface area contributed by atoms with Crippen LogP contribution in [0.15, 0.2) is 24.3 Å². The molecule has 2 aliphatic rings. The van der Waals surface area contributed by atoms with Crippen molar-refractivity contribution in [1.82, 2.24) is 10.2 Å². The summed E-state index contributed by atoms with van der Waals surface area (Å²) < 4.78 is 10.4. The van der Waals surface area contributed by atoms with Crippen LogP contribution in [0.3, 0.4) is 0 Å². The smallest absolute Gasteiger partial charge is 0.329 e. The monoisotopic (exact) mass is 361 g/mol. The number of anilines is 1. The second kappa shape index (κ2) is 8.07. The van der Waals surface area contributed by atoms with Crippen LogP contribution < -0.4 is 15.0 Å². The molecule has 0 saturated carbocycles. The number of para-hydroxylation sites is 2. The summed E-state index contributed by atoms with van der Waals surface area (Å²) in [6, 6.07) is 7.15. The van der Waals surface area contributed by atoms with E-state index in [1.807, 2.05) is 24.3 Å². The van der Waals surface area contributed by atoms with Gasteiger partial charge in [0.1, 0.15) is 11.8 Å². The van der Waals surface area contributed by atoms with E-state index in [1.54, 1.807) is 12.0 Å². The first-order valence-electron chi connectivity index (χ1n) is 8.70. The molecule has 0 spiro atoms. The Morgan fingerprint density at radius 2 is 1.92 bits per heavy atom. The SMILES string of the molecule is COc1ccccc1N1CCN(C(=O)COC(=O)[C@H]2CCC(=O)N2)CC1. The number of amides is 2. The van der Waals surface area contributed by atoms with Crippen molar-refractivity contribution in [1.29, 1.82) is 0 Å². The summed E-state index contributed by atoms with van der Waals surface area (Å²) >= 11 is 0. The Labute approximate surface area is 152 Å². The predicted octanol–water partition coefficient (Wildman–Crippen LogP) is 0.166. The van der Waals surface area contributed by atoms with E-state index >= 15 is 0 Å². The summed E-state index contributed by atoms with van der Waals surface area (Å²) in [6.07, 6.45) is 0.738. The van der Waals surface area contributed by atoms with Crippen LogP contribution in [-0.2, 0) is 19.1 Å². The second-order valence-electron chi connectivity index (χ2n) is 6.31. The molecule has 8 heteroatoms. The zero-order valence-electron chi connectivity index (χ0n) is 14.8. The van der Waals surface area contributed by atoms with Gasteiger partial charge in [-0.3, -0.25) is 9.59 Å². The fourth-order valence-corrected chi connectivity index (χ4v) is 3.20. The first kappa shape index (κ1) is 18.0. The van der Waals surface area contributed by atoms with E-state index in [0.717, 1.165) is 11.4 Å². The second-order valence-corrected chi connectivity index (χ2v) is 6.31. The highest BCUT2D eigenvalue weighted by atomic mass is 16.5. The van der Waals surface area contributed by atoms with Gasteiger partial charge in [-0.25, -0.2) is 4.79 Å². The Balaban J connectivity index is 1.46. The minimum absolute atomic E-state index is 0.161. The number of rotatable bonds is 5. The average Bonchev–Trinajstić information content (AvgIpc) is 3.12. The van der Waals surface area contributed by atoms with Gasteiger partial charge < -0.3 is 24.6 Å². The number of carbonyl (C=O) groups is 3. The number of benzene rings is 1. The summed E-state index contributed by atoms with van der Waals surface area (Å²) in [5.41, 5.74) is 1.01. The quantitative estimate of drug-likeness (QED) is 0.752. The fraction of sp³-hybridized carbons (Fsp3) is 0.500. The van der Waals surface area contributed by atoms with Crippen molar-refractivity contribution in [2.24, 2.45) is 0 Å². The average molecular weight is 361 g/mol. The molecule has 0 aromatic heterocycles. The van der Waals surface area contributed by atoms with Gasteiger partial charge in [-0.1, -0.05) is 12.1 Å². The van der Waals surface area contributed by atoms with E-state index in [1.165, 1.54) is 0 Å². The molecule has 0 unspecified atom stereocenters. The van der Waals surface area contributed by atoms with Crippen molar-refractivity contribution in [3.63, 3.8) is 0 Å². The number of nitrogens with zero attached hydrogens (tertiary/aromatic N) is 2. The van der Waals surface area contributed by atoms with E-state index in [0.29, 0.717) is 39.0 Å². The van der Waals surface area contributed by atoms with E-state index in [9.17, 15) is 14.4 Å². The zero-order chi connectivity index (χ0) is 18.5. The van der Waals surface area contributed by atoms with Crippen LogP contribution in [0.1, 0.15) is 12.8 Å². The number of ether oxygens (including phenoxy) is 2. The predicted molar refractivity (Wildman–Crippen MR) is 93.9 cm³/mol. The van der Waals surface area contributed by atoms with Gasteiger partial charge in [0.15, 0.2) is 6.61 Å². The molecule has 140 valence electrons. The molecular weight excluding hydrogens is 338 g/mol. The molecule has 2 aliphatic heterocycles. The molecule has 0 aliphatic carbocycles. The van der Waals surface area contributed by atoms with Crippen molar-refractivity contribution in [3.05, 3.63) is 24.3 Å². The number of carbonyl (C=O) groups excluding carboxylic acids is 3. The van der Waals surface area contributed by atoms with Gasteiger partial charge in [0, 0.05) is 32.6 Å². The van der Waals surface area contributed by atoms with E-state index in [-0.39, 0.29) is 18.4 Å². The minimum Gasteiger partial charge on any atom is -0.495 e. The summed E-state index contributed by atoms with van der Waals surface area (Å²) in [6.45, 7) is 2.17. The molecule has 1 aromatic carbocycles. The molecule has 1 N–H and O–H groups in total. The third-order valence-electron chi connectivity index (χ3n) is 4.68.